The molecule has 0 atom stereocenters. The molecule has 0 aromatic heterocycles. The second kappa shape index (κ2) is 1.84. The van der Waals surface area contributed by atoms with Gasteiger partial charge in [0.05, 0.1) is 11.8 Å². The second-order valence-electron chi connectivity index (χ2n) is 1.52. The van der Waals surface area contributed by atoms with Crippen molar-refractivity contribution < 1.29 is 17.4 Å². The highest BCUT2D eigenvalue weighted by Crippen LogP contribution is 2.05. The molecule has 1 aliphatic heterocycles. The molecule has 0 aromatic rings. The predicted molar refractivity (Wildman–Crippen MR) is 28.8 cm³/mol. The van der Waals surface area contributed by atoms with Crippen LogP contribution in [0.4, 0.5) is 0 Å². The molecule has 0 saturated carbocycles. The van der Waals surface area contributed by atoms with Crippen molar-refractivity contribution in [1.82, 2.24) is 0 Å². The first-order chi connectivity index (χ1) is 4.10. The zero-order chi connectivity index (χ0) is 6.91. The highest BCUT2D eigenvalue weighted by atomic mass is 32.2. The van der Waals surface area contributed by atoms with E-state index >= 15 is 0 Å². The molecular formula is C4H4O4S. The van der Waals surface area contributed by atoms with E-state index in [1.165, 1.54) is 6.08 Å². The monoisotopic (exact) mass is 148 g/mol. The summed E-state index contributed by atoms with van der Waals surface area (Å²) in [6, 6.07) is 0. The van der Waals surface area contributed by atoms with E-state index in [9.17, 15) is 13.2 Å². The summed E-state index contributed by atoms with van der Waals surface area (Å²) in [6.07, 6.45) is 1.29. The third-order valence-electron chi connectivity index (χ3n) is 0.757. The van der Waals surface area contributed by atoms with Crippen LogP contribution in [0, 0.1) is 0 Å². The summed E-state index contributed by atoms with van der Waals surface area (Å²) < 4.78 is 24.6. The molecule has 9 heavy (non-hydrogen) atoms. The smallest absolute Gasteiger partial charge is 0.334 e. The lowest BCUT2D eigenvalue weighted by atomic mass is 10.4. The molecule has 0 aliphatic carbocycles. The van der Waals surface area contributed by atoms with Crippen LogP contribution in [-0.2, 0) is 19.1 Å². The van der Waals surface area contributed by atoms with Crippen molar-refractivity contribution in [3.05, 3.63) is 11.5 Å². The van der Waals surface area contributed by atoms with Crippen LogP contribution in [0.2, 0.25) is 0 Å². The van der Waals surface area contributed by atoms with Gasteiger partial charge in [0, 0.05) is 0 Å². The van der Waals surface area contributed by atoms with E-state index in [1.54, 1.807) is 0 Å². The van der Waals surface area contributed by atoms with Gasteiger partial charge in [0.2, 0.25) is 0 Å². The van der Waals surface area contributed by atoms with Crippen LogP contribution in [-0.4, -0.2) is 14.4 Å². The predicted octanol–water partition coefficient (Wildman–Crippen LogP) is -0.223. The Hall–Kier alpha value is -0.840. The molecule has 50 valence electrons. The van der Waals surface area contributed by atoms with Gasteiger partial charge < -0.3 is 4.18 Å². The number of carbonyl (C=O) groups excluding carboxylic acids is 1. The minimum absolute atomic E-state index is 0.0409. The average molecular weight is 148 g/mol. The van der Waals surface area contributed by atoms with Crippen molar-refractivity contribution in [1.29, 1.82) is 0 Å². The quantitative estimate of drug-likeness (QED) is 0.445. The third-order valence-corrected chi connectivity index (χ3v) is 1.70. The standard InChI is InChI=1S/C4H4O4S/c5-4-2-1-3-9(6,7)8-4/h1,3H,2H2. The molecule has 1 aliphatic rings. The van der Waals surface area contributed by atoms with Crippen molar-refractivity contribution in [3.8, 4) is 0 Å². The Bertz CT molecular complexity index is 248. The Morgan fingerprint density at radius 1 is 1.56 bits per heavy atom. The Morgan fingerprint density at radius 2 is 2.22 bits per heavy atom. The van der Waals surface area contributed by atoms with E-state index < -0.39 is 16.1 Å². The average Bonchev–Trinajstić information content (AvgIpc) is 1.60. The summed E-state index contributed by atoms with van der Waals surface area (Å²) in [4.78, 5) is 10.2. The number of hydrogen-bond acceptors (Lipinski definition) is 4. The van der Waals surface area contributed by atoms with Gasteiger partial charge in [0.15, 0.2) is 0 Å². The Balaban J connectivity index is 2.97. The maximum atomic E-state index is 10.3. The topological polar surface area (TPSA) is 60.4 Å². The SMILES string of the molecule is O=C1CC=CS(=O)(=O)O1. The number of rotatable bonds is 0. The lowest BCUT2D eigenvalue weighted by Gasteiger charge is -2.02. The van der Waals surface area contributed by atoms with Gasteiger partial charge in [-0.2, -0.15) is 8.42 Å². The van der Waals surface area contributed by atoms with Gasteiger partial charge >= 0.3 is 16.1 Å². The van der Waals surface area contributed by atoms with Gasteiger partial charge in [-0.15, -0.1) is 0 Å². The zero-order valence-electron chi connectivity index (χ0n) is 4.40. The maximum Gasteiger partial charge on any atom is 0.334 e. The second-order valence-corrected chi connectivity index (χ2v) is 2.95. The number of carbonyl (C=O) groups is 1. The van der Waals surface area contributed by atoms with Gasteiger partial charge in [-0.1, -0.05) is 6.08 Å². The van der Waals surface area contributed by atoms with Crippen LogP contribution >= 0.6 is 0 Å². The molecule has 0 bridgehead atoms. The minimum Gasteiger partial charge on any atom is -0.342 e. The van der Waals surface area contributed by atoms with E-state index in [2.05, 4.69) is 4.18 Å². The van der Waals surface area contributed by atoms with Crippen molar-refractivity contribution >= 4 is 16.1 Å². The van der Waals surface area contributed by atoms with Gasteiger partial charge in [-0.05, 0) is 0 Å². The molecule has 0 unspecified atom stereocenters. The normalized spacial score (nSPS) is 23.3. The Kier molecular flexibility index (Phi) is 1.28. The van der Waals surface area contributed by atoms with Crippen LogP contribution in [0.5, 0.6) is 0 Å². The van der Waals surface area contributed by atoms with Crippen molar-refractivity contribution in [2.24, 2.45) is 0 Å². The first kappa shape index (κ1) is 6.28. The molecule has 0 amide bonds. The molecule has 0 radical (unpaired) electrons. The molecule has 5 heteroatoms. The summed E-state index contributed by atoms with van der Waals surface area (Å²) >= 11 is 0. The first-order valence-electron chi connectivity index (χ1n) is 2.24. The zero-order valence-corrected chi connectivity index (χ0v) is 5.22. The molecule has 0 spiro atoms. The fourth-order valence-corrected chi connectivity index (χ4v) is 1.17. The van der Waals surface area contributed by atoms with Gasteiger partial charge in [0.1, 0.15) is 0 Å². The molecule has 1 rings (SSSR count). The fraction of sp³-hybridized carbons (Fsp3) is 0.250. The highest BCUT2D eigenvalue weighted by Gasteiger charge is 2.16. The van der Waals surface area contributed by atoms with Gasteiger partial charge in [-0.3, -0.25) is 4.79 Å². The molecule has 0 aromatic carbocycles. The molecule has 0 N–H and O–H groups in total. The maximum absolute atomic E-state index is 10.3. The van der Waals surface area contributed by atoms with Gasteiger partial charge in [-0.25, -0.2) is 0 Å². The summed E-state index contributed by atoms with van der Waals surface area (Å²) in [7, 11) is -3.66. The summed E-state index contributed by atoms with van der Waals surface area (Å²) in [5.41, 5.74) is 0. The molecular weight excluding hydrogens is 144 g/mol. The van der Waals surface area contributed by atoms with E-state index in [-0.39, 0.29) is 6.42 Å². The summed E-state index contributed by atoms with van der Waals surface area (Å²) in [6.45, 7) is 0. The third kappa shape index (κ3) is 1.53. The largest absolute Gasteiger partial charge is 0.342 e. The molecule has 4 nitrogen and oxygen atoms in total. The van der Waals surface area contributed by atoms with E-state index in [1.807, 2.05) is 0 Å². The number of hydrogen-bond donors (Lipinski definition) is 0. The van der Waals surface area contributed by atoms with Crippen LogP contribution in [0.25, 0.3) is 0 Å². The van der Waals surface area contributed by atoms with Crippen LogP contribution in [0.3, 0.4) is 0 Å². The Morgan fingerprint density at radius 3 is 2.56 bits per heavy atom. The van der Waals surface area contributed by atoms with Gasteiger partial charge in [0.25, 0.3) is 0 Å². The van der Waals surface area contributed by atoms with E-state index in [0.717, 1.165) is 5.41 Å². The molecule has 0 fully saturated rings. The summed E-state index contributed by atoms with van der Waals surface area (Å²) in [5, 5.41) is 0.869. The van der Waals surface area contributed by atoms with Crippen LogP contribution in [0.15, 0.2) is 11.5 Å². The van der Waals surface area contributed by atoms with Crippen LogP contribution < -0.4 is 0 Å². The lowest BCUT2D eigenvalue weighted by Crippen LogP contribution is -2.13. The van der Waals surface area contributed by atoms with Crippen LogP contribution in [0.1, 0.15) is 6.42 Å². The van der Waals surface area contributed by atoms with E-state index in [0.29, 0.717) is 0 Å². The van der Waals surface area contributed by atoms with E-state index in [4.69, 9.17) is 0 Å². The van der Waals surface area contributed by atoms with Crippen molar-refractivity contribution in [2.45, 2.75) is 6.42 Å². The minimum atomic E-state index is -3.66. The molecule has 0 saturated heterocycles. The molecule has 1 heterocycles. The highest BCUT2D eigenvalue weighted by molar-refractivity contribution is 7.90. The fourth-order valence-electron chi connectivity index (χ4n) is 0.454. The van der Waals surface area contributed by atoms with Crippen molar-refractivity contribution in [3.63, 3.8) is 0 Å². The Labute approximate surface area is 52.2 Å². The first-order valence-corrected chi connectivity index (χ1v) is 3.71. The van der Waals surface area contributed by atoms with Crippen molar-refractivity contribution in [2.75, 3.05) is 0 Å². The summed E-state index contributed by atoms with van der Waals surface area (Å²) in [5.74, 6) is -0.725. The lowest BCUT2D eigenvalue weighted by molar-refractivity contribution is -0.132.